The number of rotatable bonds is 6. The number of hydrogen-bond acceptors (Lipinski definition) is 6. The molecule has 0 radical (unpaired) electrons. The van der Waals surface area contributed by atoms with Crippen LogP contribution >= 0.6 is 27.3 Å². The first kappa shape index (κ1) is 18.8. The van der Waals surface area contributed by atoms with Gasteiger partial charge in [0, 0.05) is 4.47 Å². The number of nitrogens with zero attached hydrogens (tertiary/aromatic N) is 1. The number of halogens is 1. The number of benzene rings is 2. The molecular formula is C17H15BrN2O4S2. The summed E-state index contributed by atoms with van der Waals surface area (Å²) in [4.78, 5) is 16.5. The highest BCUT2D eigenvalue weighted by atomic mass is 79.9. The molecule has 136 valence electrons. The predicted molar refractivity (Wildman–Crippen MR) is 106 cm³/mol. The number of sulfone groups is 1. The van der Waals surface area contributed by atoms with Gasteiger partial charge in [0.05, 0.1) is 17.6 Å². The molecule has 1 heterocycles. The monoisotopic (exact) mass is 454 g/mol. The van der Waals surface area contributed by atoms with E-state index in [1.165, 1.54) is 11.3 Å². The van der Waals surface area contributed by atoms with Crippen LogP contribution in [0.3, 0.4) is 0 Å². The smallest absolute Gasteiger partial charge is 0.241 e. The van der Waals surface area contributed by atoms with Gasteiger partial charge in [-0.05, 0) is 29.8 Å². The lowest BCUT2D eigenvalue weighted by molar-refractivity contribution is -0.113. The Morgan fingerprint density at radius 1 is 1.27 bits per heavy atom. The summed E-state index contributed by atoms with van der Waals surface area (Å²) >= 11 is 4.56. The zero-order valence-electron chi connectivity index (χ0n) is 13.7. The Labute approximate surface area is 163 Å². The number of hydrogen-bond donors (Lipinski definition) is 1. The van der Waals surface area contributed by atoms with Crippen molar-refractivity contribution >= 4 is 58.4 Å². The molecule has 2 aromatic carbocycles. The number of methoxy groups -OCH3 is 1. The van der Waals surface area contributed by atoms with Gasteiger partial charge in [-0.25, -0.2) is 13.4 Å². The number of ether oxygens (including phenoxy) is 1. The molecule has 0 atom stereocenters. The van der Waals surface area contributed by atoms with Gasteiger partial charge in [-0.1, -0.05) is 45.5 Å². The maximum Gasteiger partial charge on any atom is 0.241 e. The van der Waals surface area contributed by atoms with Crippen LogP contribution in [0.25, 0.3) is 10.2 Å². The van der Waals surface area contributed by atoms with E-state index in [-0.39, 0.29) is 5.75 Å². The number of thiazole rings is 1. The summed E-state index contributed by atoms with van der Waals surface area (Å²) in [5.74, 6) is -0.820. The number of carbonyl (C=O) groups excluding carboxylic acids is 1. The number of para-hydroxylation sites is 1. The van der Waals surface area contributed by atoms with Crippen LogP contribution in [0.1, 0.15) is 5.56 Å². The highest BCUT2D eigenvalue weighted by Crippen LogP contribution is 2.32. The normalized spacial score (nSPS) is 11.5. The largest absolute Gasteiger partial charge is 0.494 e. The average Bonchev–Trinajstić information content (AvgIpc) is 2.95. The fourth-order valence-electron chi connectivity index (χ4n) is 2.43. The van der Waals surface area contributed by atoms with Crippen LogP contribution in [-0.4, -0.2) is 32.2 Å². The van der Waals surface area contributed by atoms with Gasteiger partial charge < -0.3 is 10.1 Å². The Morgan fingerprint density at radius 2 is 2.04 bits per heavy atom. The Bertz CT molecular complexity index is 1060. The van der Waals surface area contributed by atoms with E-state index in [2.05, 4.69) is 26.2 Å². The highest BCUT2D eigenvalue weighted by Gasteiger charge is 2.19. The van der Waals surface area contributed by atoms with Gasteiger partial charge in [0.2, 0.25) is 5.91 Å². The number of anilines is 1. The van der Waals surface area contributed by atoms with E-state index in [0.29, 0.717) is 22.0 Å². The molecule has 26 heavy (non-hydrogen) atoms. The zero-order chi connectivity index (χ0) is 18.7. The second kappa shape index (κ2) is 7.73. The van der Waals surface area contributed by atoms with Crippen LogP contribution in [-0.2, 0) is 20.4 Å². The third-order valence-corrected chi connectivity index (χ3v) is 6.38. The van der Waals surface area contributed by atoms with Crippen LogP contribution in [0.4, 0.5) is 5.13 Å². The lowest BCUT2D eigenvalue weighted by Crippen LogP contribution is -2.23. The molecule has 3 aromatic rings. The molecule has 1 aromatic heterocycles. The second-order valence-corrected chi connectivity index (χ2v) is 9.55. The van der Waals surface area contributed by atoms with Crippen molar-refractivity contribution in [2.45, 2.75) is 5.75 Å². The minimum absolute atomic E-state index is 0.201. The van der Waals surface area contributed by atoms with E-state index in [4.69, 9.17) is 4.74 Å². The highest BCUT2D eigenvalue weighted by molar-refractivity contribution is 9.10. The van der Waals surface area contributed by atoms with E-state index in [1.807, 2.05) is 18.2 Å². The van der Waals surface area contributed by atoms with Crippen molar-refractivity contribution < 1.29 is 17.9 Å². The lowest BCUT2D eigenvalue weighted by Gasteiger charge is -2.05. The first-order chi connectivity index (χ1) is 12.4. The van der Waals surface area contributed by atoms with Crippen LogP contribution in [0.5, 0.6) is 5.75 Å². The average molecular weight is 455 g/mol. The van der Waals surface area contributed by atoms with Crippen LogP contribution in [0.15, 0.2) is 46.9 Å². The van der Waals surface area contributed by atoms with Crippen molar-refractivity contribution in [3.8, 4) is 5.75 Å². The summed E-state index contributed by atoms with van der Waals surface area (Å²) < 4.78 is 31.4. The Kier molecular flexibility index (Phi) is 5.59. The molecule has 0 spiro atoms. The van der Waals surface area contributed by atoms with Crippen molar-refractivity contribution in [2.75, 3.05) is 18.2 Å². The molecule has 0 aliphatic heterocycles. The van der Waals surface area contributed by atoms with E-state index >= 15 is 0 Å². The maximum absolute atomic E-state index is 12.3. The van der Waals surface area contributed by atoms with Crippen molar-refractivity contribution in [2.24, 2.45) is 0 Å². The standard InChI is InChI=1S/C17H15BrN2O4S2/c1-24-13-6-3-7-14-16(13)20-17(25-14)19-15(21)10-26(22,23)9-11-4-2-5-12(18)8-11/h2-8H,9-10H2,1H3,(H,19,20,21). The number of amides is 1. The molecule has 0 saturated heterocycles. The fraction of sp³-hybridized carbons (Fsp3) is 0.176. The van der Waals surface area contributed by atoms with Crippen molar-refractivity contribution in [1.29, 1.82) is 0 Å². The molecule has 0 saturated carbocycles. The summed E-state index contributed by atoms with van der Waals surface area (Å²) in [6.07, 6.45) is 0. The van der Waals surface area contributed by atoms with Gasteiger partial charge in [-0.3, -0.25) is 4.79 Å². The third kappa shape index (κ3) is 4.60. The topological polar surface area (TPSA) is 85.4 Å². The molecule has 6 nitrogen and oxygen atoms in total. The summed E-state index contributed by atoms with van der Waals surface area (Å²) in [5.41, 5.74) is 1.25. The van der Waals surface area contributed by atoms with E-state index in [9.17, 15) is 13.2 Å². The molecule has 0 fully saturated rings. The molecule has 1 N–H and O–H groups in total. The van der Waals surface area contributed by atoms with Crippen molar-refractivity contribution in [1.82, 2.24) is 4.98 Å². The fourth-order valence-corrected chi connectivity index (χ4v) is 5.04. The van der Waals surface area contributed by atoms with E-state index in [1.54, 1.807) is 31.4 Å². The number of fused-ring (bicyclic) bond motifs is 1. The summed E-state index contributed by atoms with van der Waals surface area (Å²) in [5, 5.41) is 2.90. The van der Waals surface area contributed by atoms with E-state index in [0.717, 1.165) is 9.17 Å². The second-order valence-electron chi connectivity index (χ2n) is 5.54. The van der Waals surface area contributed by atoms with Crippen LogP contribution < -0.4 is 10.1 Å². The summed E-state index contributed by atoms with van der Waals surface area (Å²) in [6.45, 7) is 0. The Hall–Kier alpha value is -1.97. The Morgan fingerprint density at radius 3 is 2.77 bits per heavy atom. The minimum atomic E-state index is -3.59. The molecular weight excluding hydrogens is 440 g/mol. The molecule has 3 rings (SSSR count). The van der Waals surface area contributed by atoms with Crippen LogP contribution in [0, 0.1) is 0 Å². The van der Waals surface area contributed by atoms with Gasteiger partial charge in [-0.15, -0.1) is 0 Å². The molecule has 0 aliphatic carbocycles. The number of aromatic nitrogens is 1. The number of nitrogens with one attached hydrogen (secondary N) is 1. The summed E-state index contributed by atoms with van der Waals surface area (Å²) in [7, 11) is -2.05. The maximum atomic E-state index is 12.3. The molecule has 0 aliphatic rings. The van der Waals surface area contributed by atoms with Gasteiger partial charge in [0.25, 0.3) is 0 Å². The van der Waals surface area contributed by atoms with Crippen LogP contribution in [0.2, 0.25) is 0 Å². The molecule has 1 amide bonds. The number of carbonyl (C=O) groups is 1. The molecule has 0 unspecified atom stereocenters. The van der Waals surface area contributed by atoms with Gasteiger partial charge in [0.15, 0.2) is 15.0 Å². The van der Waals surface area contributed by atoms with Gasteiger partial charge in [-0.2, -0.15) is 0 Å². The van der Waals surface area contributed by atoms with Gasteiger partial charge >= 0.3 is 0 Å². The first-order valence-corrected chi connectivity index (χ1v) is 11.0. The zero-order valence-corrected chi connectivity index (χ0v) is 16.9. The lowest BCUT2D eigenvalue weighted by atomic mass is 10.2. The SMILES string of the molecule is COc1cccc2sc(NC(=O)CS(=O)(=O)Cc3cccc(Br)c3)nc12. The van der Waals surface area contributed by atoms with E-state index < -0.39 is 21.5 Å². The van der Waals surface area contributed by atoms with Gasteiger partial charge in [0.1, 0.15) is 17.0 Å². The third-order valence-electron chi connectivity index (χ3n) is 3.47. The minimum Gasteiger partial charge on any atom is -0.494 e. The summed E-state index contributed by atoms with van der Waals surface area (Å²) in [6, 6.07) is 12.4. The van der Waals surface area contributed by atoms with Crippen molar-refractivity contribution in [3.05, 3.63) is 52.5 Å². The Balaban J connectivity index is 1.70. The molecule has 0 bridgehead atoms. The predicted octanol–water partition coefficient (Wildman–Crippen LogP) is 3.62. The molecule has 9 heteroatoms. The quantitative estimate of drug-likeness (QED) is 0.614. The van der Waals surface area contributed by atoms with Crippen molar-refractivity contribution in [3.63, 3.8) is 0 Å². The first-order valence-electron chi connectivity index (χ1n) is 7.54.